The largest absolute Gasteiger partial charge is 0.491 e. The number of hydrogen-bond donors (Lipinski definition) is 1. The summed E-state index contributed by atoms with van der Waals surface area (Å²) >= 11 is 6.13. The minimum atomic E-state index is -0.339. The van der Waals surface area contributed by atoms with Gasteiger partial charge in [0.05, 0.1) is 24.5 Å². The van der Waals surface area contributed by atoms with Crippen LogP contribution in [0.15, 0.2) is 47.9 Å². The molecule has 6 heteroatoms. The number of ether oxygens (including phenoxy) is 1. The van der Waals surface area contributed by atoms with Gasteiger partial charge in [-0.3, -0.25) is 4.79 Å². The average molecular weight is 304 g/mol. The topological polar surface area (TPSA) is 56.1 Å². The third-order valence-corrected chi connectivity index (χ3v) is 3.68. The highest BCUT2D eigenvalue weighted by atomic mass is 35.5. The number of fused-ring (bicyclic) bond motifs is 1. The molecule has 0 fully saturated rings. The number of allylic oxidation sites excluding steroid dienone is 1. The average Bonchev–Trinajstić information content (AvgIpc) is 2.90. The lowest BCUT2D eigenvalue weighted by atomic mass is 10.1. The van der Waals surface area contributed by atoms with Crippen LogP contribution in [0.1, 0.15) is 11.6 Å². The minimum Gasteiger partial charge on any atom is -0.491 e. The van der Waals surface area contributed by atoms with Gasteiger partial charge in [-0.1, -0.05) is 35.9 Å². The van der Waals surface area contributed by atoms with Crippen LogP contribution >= 0.6 is 11.6 Å². The van der Waals surface area contributed by atoms with Gasteiger partial charge in [-0.25, -0.2) is 4.68 Å². The fourth-order valence-corrected chi connectivity index (χ4v) is 2.49. The Morgan fingerprint density at radius 3 is 3.14 bits per heavy atom. The number of para-hydroxylation sites is 1. The van der Waals surface area contributed by atoms with Gasteiger partial charge in [0.1, 0.15) is 17.4 Å². The molecule has 1 aromatic carbocycles. The van der Waals surface area contributed by atoms with E-state index in [2.05, 4.69) is 17.0 Å². The van der Waals surface area contributed by atoms with Gasteiger partial charge in [0.15, 0.2) is 0 Å². The quantitative estimate of drug-likeness (QED) is 0.882. The van der Waals surface area contributed by atoms with E-state index < -0.39 is 0 Å². The van der Waals surface area contributed by atoms with Crippen molar-refractivity contribution in [3.8, 4) is 5.75 Å². The lowest BCUT2D eigenvalue weighted by Crippen LogP contribution is -2.24. The highest BCUT2D eigenvalue weighted by Crippen LogP contribution is 2.34. The van der Waals surface area contributed by atoms with Crippen LogP contribution < -0.4 is 15.6 Å². The zero-order valence-corrected chi connectivity index (χ0v) is 12.0. The fraction of sp³-hybridized carbons (Fsp3) is 0.200. The molecule has 0 amide bonds. The molecule has 2 aromatic rings. The summed E-state index contributed by atoms with van der Waals surface area (Å²) in [6.45, 7) is 4.40. The van der Waals surface area contributed by atoms with Crippen molar-refractivity contribution in [2.24, 2.45) is 0 Å². The Bertz CT molecular complexity index is 742. The Balaban J connectivity index is 1.88. The lowest BCUT2D eigenvalue weighted by Gasteiger charge is -2.14. The second-order valence-corrected chi connectivity index (χ2v) is 5.07. The maximum atomic E-state index is 12.0. The number of rotatable bonds is 4. The summed E-state index contributed by atoms with van der Waals surface area (Å²) in [7, 11) is 0. The summed E-state index contributed by atoms with van der Waals surface area (Å²) in [4.78, 5) is 12.0. The monoisotopic (exact) mass is 303 g/mol. The molecule has 1 N–H and O–H groups in total. The van der Waals surface area contributed by atoms with Crippen LogP contribution in [-0.4, -0.2) is 16.4 Å². The summed E-state index contributed by atoms with van der Waals surface area (Å²) in [5, 5.41) is 7.41. The third-order valence-electron chi connectivity index (χ3n) is 3.32. The summed E-state index contributed by atoms with van der Waals surface area (Å²) in [5.74, 6) is 0.846. The molecule has 3 rings (SSSR count). The first-order valence-corrected chi connectivity index (χ1v) is 6.93. The zero-order valence-electron chi connectivity index (χ0n) is 11.3. The van der Waals surface area contributed by atoms with Gasteiger partial charge in [-0.2, -0.15) is 5.10 Å². The molecule has 0 bridgehead atoms. The van der Waals surface area contributed by atoms with Gasteiger partial charge in [0, 0.05) is 5.56 Å². The molecule has 2 heterocycles. The minimum absolute atomic E-state index is 0.0462. The van der Waals surface area contributed by atoms with E-state index in [4.69, 9.17) is 16.3 Å². The Kier molecular flexibility index (Phi) is 3.66. The van der Waals surface area contributed by atoms with E-state index in [1.807, 2.05) is 24.3 Å². The number of anilines is 1. The van der Waals surface area contributed by atoms with Crippen LogP contribution in [0.25, 0.3) is 0 Å². The molecule has 1 aliphatic heterocycles. The van der Waals surface area contributed by atoms with Gasteiger partial charge in [0.2, 0.25) is 0 Å². The SMILES string of the molecule is C=CCn1ncc(NC2COc3ccccc32)c(Cl)c1=O. The van der Waals surface area contributed by atoms with Crippen molar-refractivity contribution in [3.63, 3.8) is 0 Å². The molecule has 0 saturated carbocycles. The molecule has 0 saturated heterocycles. The van der Waals surface area contributed by atoms with E-state index in [0.29, 0.717) is 18.8 Å². The van der Waals surface area contributed by atoms with Crippen molar-refractivity contribution in [1.29, 1.82) is 0 Å². The predicted molar refractivity (Wildman–Crippen MR) is 82.0 cm³/mol. The predicted octanol–water partition coefficient (Wildman–Crippen LogP) is 2.63. The van der Waals surface area contributed by atoms with Crippen molar-refractivity contribution >= 4 is 17.3 Å². The first-order valence-electron chi connectivity index (χ1n) is 6.55. The van der Waals surface area contributed by atoms with Crippen molar-refractivity contribution < 1.29 is 4.74 Å². The van der Waals surface area contributed by atoms with Crippen LogP contribution in [0.3, 0.4) is 0 Å². The summed E-state index contributed by atoms with van der Waals surface area (Å²) < 4.78 is 6.86. The molecule has 21 heavy (non-hydrogen) atoms. The maximum absolute atomic E-state index is 12.0. The summed E-state index contributed by atoms with van der Waals surface area (Å²) in [5.41, 5.74) is 1.21. The summed E-state index contributed by atoms with van der Waals surface area (Å²) in [6.07, 6.45) is 3.15. The number of aromatic nitrogens is 2. The normalized spacial score (nSPS) is 16.1. The second kappa shape index (κ2) is 5.61. The Morgan fingerprint density at radius 2 is 2.33 bits per heavy atom. The van der Waals surface area contributed by atoms with E-state index in [-0.39, 0.29) is 16.6 Å². The smallest absolute Gasteiger partial charge is 0.287 e. The van der Waals surface area contributed by atoms with Crippen molar-refractivity contribution in [1.82, 2.24) is 9.78 Å². The van der Waals surface area contributed by atoms with Gasteiger partial charge < -0.3 is 10.1 Å². The first-order chi connectivity index (χ1) is 10.2. The Morgan fingerprint density at radius 1 is 1.52 bits per heavy atom. The molecule has 1 atom stereocenters. The number of benzene rings is 1. The number of hydrogen-bond acceptors (Lipinski definition) is 4. The van der Waals surface area contributed by atoms with E-state index >= 15 is 0 Å². The fourth-order valence-electron chi connectivity index (χ4n) is 2.29. The van der Waals surface area contributed by atoms with Crippen LogP contribution in [0.4, 0.5) is 5.69 Å². The molecule has 108 valence electrons. The molecule has 0 aliphatic carbocycles. The van der Waals surface area contributed by atoms with E-state index in [1.54, 1.807) is 12.3 Å². The van der Waals surface area contributed by atoms with E-state index in [1.165, 1.54) is 4.68 Å². The molecule has 5 nitrogen and oxygen atoms in total. The number of nitrogens with one attached hydrogen (secondary N) is 1. The van der Waals surface area contributed by atoms with E-state index in [9.17, 15) is 4.79 Å². The number of halogens is 1. The highest BCUT2D eigenvalue weighted by Gasteiger charge is 2.24. The molecule has 0 radical (unpaired) electrons. The van der Waals surface area contributed by atoms with Crippen molar-refractivity contribution in [2.75, 3.05) is 11.9 Å². The highest BCUT2D eigenvalue weighted by molar-refractivity contribution is 6.32. The standard InChI is InChI=1S/C15H14ClN3O2/c1-2-7-19-15(20)14(16)11(8-17-19)18-12-9-21-13-6-4-3-5-10(12)13/h2-6,8,12,18H,1,7,9H2. The van der Waals surface area contributed by atoms with Gasteiger partial charge >= 0.3 is 0 Å². The summed E-state index contributed by atoms with van der Waals surface area (Å²) in [6, 6.07) is 7.73. The van der Waals surface area contributed by atoms with Crippen LogP contribution in [0.5, 0.6) is 5.75 Å². The third kappa shape index (κ3) is 2.52. The molecular formula is C15H14ClN3O2. The molecular weight excluding hydrogens is 290 g/mol. The van der Waals surface area contributed by atoms with E-state index in [0.717, 1.165) is 11.3 Å². The zero-order chi connectivity index (χ0) is 14.8. The van der Waals surface area contributed by atoms with Gasteiger partial charge in [-0.05, 0) is 6.07 Å². The van der Waals surface area contributed by atoms with Gasteiger partial charge in [-0.15, -0.1) is 6.58 Å². The van der Waals surface area contributed by atoms with Crippen LogP contribution in [0.2, 0.25) is 5.02 Å². The van der Waals surface area contributed by atoms with Crippen molar-refractivity contribution in [2.45, 2.75) is 12.6 Å². The first kappa shape index (κ1) is 13.7. The molecule has 0 spiro atoms. The Labute approximate surface area is 126 Å². The maximum Gasteiger partial charge on any atom is 0.287 e. The molecule has 1 aromatic heterocycles. The number of nitrogens with zero attached hydrogens (tertiary/aromatic N) is 2. The lowest BCUT2D eigenvalue weighted by molar-refractivity contribution is 0.340. The second-order valence-electron chi connectivity index (χ2n) is 4.69. The van der Waals surface area contributed by atoms with Crippen LogP contribution in [0, 0.1) is 0 Å². The molecule has 1 unspecified atom stereocenters. The van der Waals surface area contributed by atoms with Crippen molar-refractivity contribution in [3.05, 3.63) is 64.1 Å². The molecule has 1 aliphatic rings. The van der Waals surface area contributed by atoms with Gasteiger partial charge in [0.25, 0.3) is 5.56 Å². The van der Waals surface area contributed by atoms with Crippen LogP contribution in [-0.2, 0) is 6.54 Å². The Hall–Kier alpha value is -2.27.